The van der Waals surface area contributed by atoms with Crippen molar-refractivity contribution in [1.82, 2.24) is 0 Å². The molecule has 0 aliphatic carbocycles. The summed E-state index contributed by atoms with van der Waals surface area (Å²) < 4.78 is 5.21. The van der Waals surface area contributed by atoms with E-state index in [0.29, 0.717) is 0 Å². The normalized spacial score (nSPS) is 13.8. The molecular formula is C11H22O2S. The number of hydrogen-bond acceptors (Lipinski definition) is 3. The summed E-state index contributed by atoms with van der Waals surface area (Å²) in [6.07, 6.45) is 4.17. The molecule has 0 spiro atoms. The van der Waals surface area contributed by atoms with Gasteiger partial charge >= 0.3 is 5.97 Å². The van der Waals surface area contributed by atoms with E-state index in [2.05, 4.69) is 19.6 Å². The van der Waals surface area contributed by atoms with Gasteiger partial charge in [-0.2, -0.15) is 12.6 Å². The second-order valence-corrected chi connectivity index (χ2v) is 5.17. The standard InChI is InChI=1S/C11H22O2S/c1-5-6-7-8-9(14)10(12)13-11(2,3)4/h9,14H,5-8H2,1-4H3. The molecule has 0 bridgehead atoms. The predicted octanol–water partition coefficient (Wildman–Crippen LogP) is 3.21. The van der Waals surface area contributed by atoms with E-state index in [1.54, 1.807) is 0 Å². The van der Waals surface area contributed by atoms with Crippen molar-refractivity contribution in [1.29, 1.82) is 0 Å². The first-order valence-electron chi connectivity index (χ1n) is 5.27. The lowest BCUT2D eigenvalue weighted by Crippen LogP contribution is -2.29. The third-order valence-electron chi connectivity index (χ3n) is 1.76. The van der Waals surface area contributed by atoms with Gasteiger partial charge in [0, 0.05) is 0 Å². The summed E-state index contributed by atoms with van der Waals surface area (Å²) in [6.45, 7) is 7.76. The van der Waals surface area contributed by atoms with Gasteiger partial charge in [0.25, 0.3) is 0 Å². The van der Waals surface area contributed by atoms with Gasteiger partial charge in [-0.15, -0.1) is 0 Å². The number of hydrogen-bond donors (Lipinski definition) is 1. The zero-order chi connectivity index (χ0) is 11.2. The van der Waals surface area contributed by atoms with E-state index >= 15 is 0 Å². The maximum atomic E-state index is 11.5. The van der Waals surface area contributed by atoms with Crippen molar-refractivity contribution in [2.24, 2.45) is 0 Å². The van der Waals surface area contributed by atoms with Crippen LogP contribution in [0.5, 0.6) is 0 Å². The fourth-order valence-corrected chi connectivity index (χ4v) is 1.31. The summed E-state index contributed by atoms with van der Waals surface area (Å²) in [4.78, 5) is 11.5. The third kappa shape index (κ3) is 7.25. The van der Waals surface area contributed by atoms with Crippen LogP contribution in [0, 0.1) is 0 Å². The van der Waals surface area contributed by atoms with Crippen LogP contribution in [0.2, 0.25) is 0 Å². The molecule has 0 heterocycles. The minimum Gasteiger partial charge on any atom is -0.459 e. The number of unbranched alkanes of at least 4 members (excludes halogenated alkanes) is 2. The van der Waals surface area contributed by atoms with Crippen LogP contribution in [0.25, 0.3) is 0 Å². The van der Waals surface area contributed by atoms with Gasteiger partial charge in [-0.3, -0.25) is 4.79 Å². The summed E-state index contributed by atoms with van der Waals surface area (Å²) in [5.41, 5.74) is -0.400. The molecule has 0 amide bonds. The van der Waals surface area contributed by atoms with Crippen LogP contribution < -0.4 is 0 Å². The molecule has 0 N–H and O–H groups in total. The summed E-state index contributed by atoms with van der Waals surface area (Å²) >= 11 is 4.24. The number of esters is 1. The van der Waals surface area contributed by atoms with Gasteiger partial charge in [-0.1, -0.05) is 26.2 Å². The fraction of sp³-hybridized carbons (Fsp3) is 0.909. The zero-order valence-corrected chi connectivity index (χ0v) is 10.6. The van der Waals surface area contributed by atoms with Crippen LogP contribution in [0.15, 0.2) is 0 Å². The van der Waals surface area contributed by atoms with Crippen LogP contribution in [0.1, 0.15) is 53.4 Å². The first-order chi connectivity index (χ1) is 6.37. The van der Waals surface area contributed by atoms with Crippen LogP contribution in [0.3, 0.4) is 0 Å². The Morgan fingerprint density at radius 1 is 1.36 bits per heavy atom. The van der Waals surface area contributed by atoms with Gasteiger partial charge in [0.15, 0.2) is 0 Å². The largest absolute Gasteiger partial charge is 0.459 e. The van der Waals surface area contributed by atoms with Crippen LogP contribution >= 0.6 is 12.6 Å². The highest BCUT2D eigenvalue weighted by Crippen LogP contribution is 2.15. The Bertz CT molecular complexity index is 173. The Labute approximate surface area is 92.8 Å². The molecule has 3 heteroatoms. The highest BCUT2D eigenvalue weighted by molar-refractivity contribution is 7.81. The Morgan fingerprint density at radius 3 is 2.36 bits per heavy atom. The van der Waals surface area contributed by atoms with Crippen molar-refractivity contribution < 1.29 is 9.53 Å². The number of carbonyl (C=O) groups is 1. The van der Waals surface area contributed by atoms with Gasteiger partial charge in [0.1, 0.15) is 5.60 Å². The van der Waals surface area contributed by atoms with Crippen molar-refractivity contribution >= 4 is 18.6 Å². The SMILES string of the molecule is CCCCCC(S)C(=O)OC(C)(C)C. The molecule has 0 aromatic carbocycles. The molecule has 0 radical (unpaired) electrons. The molecule has 1 atom stereocenters. The molecule has 0 aliphatic heterocycles. The molecule has 2 nitrogen and oxygen atoms in total. The van der Waals surface area contributed by atoms with Crippen molar-refractivity contribution in [3.8, 4) is 0 Å². The minimum atomic E-state index is -0.400. The molecule has 0 rings (SSSR count). The van der Waals surface area contributed by atoms with E-state index in [4.69, 9.17) is 4.74 Å². The van der Waals surface area contributed by atoms with Crippen molar-refractivity contribution in [3.63, 3.8) is 0 Å². The molecule has 0 aliphatic rings. The van der Waals surface area contributed by atoms with Crippen molar-refractivity contribution in [2.45, 2.75) is 64.2 Å². The van der Waals surface area contributed by atoms with Crippen LogP contribution in [-0.4, -0.2) is 16.8 Å². The van der Waals surface area contributed by atoms with E-state index in [1.165, 1.54) is 0 Å². The van der Waals surface area contributed by atoms with E-state index < -0.39 is 5.60 Å². The molecule has 0 fully saturated rings. The second-order valence-electron chi connectivity index (χ2n) is 4.55. The first kappa shape index (κ1) is 13.8. The second kappa shape index (κ2) is 6.33. The number of ether oxygens (including phenoxy) is 1. The summed E-state index contributed by atoms with van der Waals surface area (Å²) in [5.74, 6) is -0.197. The molecule has 1 unspecified atom stereocenters. The zero-order valence-electron chi connectivity index (χ0n) is 9.67. The molecule has 0 aromatic heterocycles. The number of thiol groups is 1. The highest BCUT2D eigenvalue weighted by Gasteiger charge is 2.21. The molecule has 0 saturated heterocycles. The fourth-order valence-electron chi connectivity index (χ4n) is 1.08. The van der Waals surface area contributed by atoms with Crippen LogP contribution in [-0.2, 0) is 9.53 Å². The maximum absolute atomic E-state index is 11.5. The van der Waals surface area contributed by atoms with E-state index in [1.807, 2.05) is 20.8 Å². The smallest absolute Gasteiger partial charge is 0.319 e. The third-order valence-corrected chi connectivity index (χ3v) is 2.23. The molecular weight excluding hydrogens is 196 g/mol. The Kier molecular flexibility index (Phi) is 6.25. The lowest BCUT2D eigenvalue weighted by atomic mass is 10.1. The molecule has 0 aromatic rings. The van der Waals surface area contributed by atoms with Crippen molar-refractivity contribution in [2.75, 3.05) is 0 Å². The van der Waals surface area contributed by atoms with Crippen molar-refractivity contribution in [3.05, 3.63) is 0 Å². The van der Waals surface area contributed by atoms with E-state index in [0.717, 1.165) is 25.7 Å². The number of rotatable bonds is 5. The Hall–Kier alpha value is -0.180. The first-order valence-corrected chi connectivity index (χ1v) is 5.79. The lowest BCUT2D eigenvalue weighted by Gasteiger charge is -2.21. The molecule has 84 valence electrons. The summed E-state index contributed by atoms with van der Waals surface area (Å²) in [5, 5.41) is -0.263. The topological polar surface area (TPSA) is 26.3 Å². The molecule has 14 heavy (non-hydrogen) atoms. The van der Waals surface area contributed by atoms with E-state index in [9.17, 15) is 4.79 Å². The lowest BCUT2D eigenvalue weighted by molar-refractivity contribution is -0.154. The Morgan fingerprint density at radius 2 is 1.93 bits per heavy atom. The monoisotopic (exact) mass is 218 g/mol. The summed E-state index contributed by atoms with van der Waals surface area (Å²) in [6, 6.07) is 0. The van der Waals surface area contributed by atoms with Gasteiger partial charge in [-0.25, -0.2) is 0 Å². The molecule has 0 saturated carbocycles. The van der Waals surface area contributed by atoms with E-state index in [-0.39, 0.29) is 11.2 Å². The van der Waals surface area contributed by atoms with Gasteiger partial charge < -0.3 is 4.74 Å². The van der Waals surface area contributed by atoms with Gasteiger partial charge in [0.2, 0.25) is 0 Å². The van der Waals surface area contributed by atoms with Gasteiger partial charge in [-0.05, 0) is 27.2 Å². The van der Waals surface area contributed by atoms with Gasteiger partial charge in [0.05, 0.1) is 5.25 Å². The maximum Gasteiger partial charge on any atom is 0.319 e. The average molecular weight is 218 g/mol. The predicted molar refractivity (Wildman–Crippen MR) is 62.8 cm³/mol. The quantitative estimate of drug-likeness (QED) is 0.436. The average Bonchev–Trinajstić information content (AvgIpc) is 2.01. The number of carbonyl (C=O) groups excluding carboxylic acids is 1. The Balaban J connectivity index is 3.77. The highest BCUT2D eigenvalue weighted by atomic mass is 32.1. The minimum absolute atomic E-state index is 0.197. The van der Waals surface area contributed by atoms with Crippen LogP contribution in [0.4, 0.5) is 0 Å². The summed E-state index contributed by atoms with van der Waals surface area (Å²) in [7, 11) is 0.